The summed E-state index contributed by atoms with van der Waals surface area (Å²) in [7, 11) is -2.61. The Labute approximate surface area is 108 Å². The summed E-state index contributed by atoms with van der Waals surface area (Å²) >= 11 is 0. The van der Waals surface area contributed by atoms with Gasteiger partial charge in [0.25, 0.3) is 0 Å². The molecule has 5 heteroatoms. The second-order valence-electron chi connectivity index (χ2n) is 4.43. The van der Waals surface area contributed by atoms with Crippen molar-refractivity contribution in [1.29, 1.82) is 0 Å². The molecule has 2 rings (SSSR count). The van der Waals surface area contributed by atoms with E-state index in [2.05, 4.69) is 4.36 Å². The fraction of sp³-hybridized carbons (Fsp3) is 0.462. The van der Waals surface area contributed by atoms with Crippen LogP contribution in [0.1, 0.15) is 24.5 Å². The van der Waals surface area contributed by atoms with E-state index in [0.717, 1.165) is 16.8 Å². The lowest BCUT2D eigenvalue weighted by Crippen LogP contribution is -2.42. The number of anilines is 1. The van der Waals surface area contributed by atoms with Gasteiger partial charge >= 0.3 is 0 Å². The van der Waals surface area contributed by atoms with Crippen molar-refractivity contribution in [3.05, 3.63) is 29.3 Å². The average molecular weight is 266 g/mol. The van der Waals surface area contributed by atoms with E-state index >= 15 is 0 Å². The fourth-order valence-corrected chi connectivity index (χ4v) is 4.13. The number of nitrogens with zero attached hydrogens (tertiary/aromatic N) is 2. The molecule has 0 saturated heterocycles. The standard InChI is InChI=1S/C13H18N2O2S/c1-4-18(17)14-9-8-12(16)15(18)13-10(2)6-5-7-11(13)3/h5-7H,4,8-9H2,1-3H3. The molecule has 4 nitrogen and oxygen atoms in total. The van der Waals surface area contributed by atoms with Gasteiger partial charge < -0.3 is 0 Å². The topological polar surface area (TPSA) is 49.7 Å². The first-order chi connectivity index (χ1) is 8.49. The van der Waals surface area contributed by atoms with Crippen LogP contribution in [-0.2, 0) is 14.7 Å². The average Bonchev–Trinajstić information content (AvgIpc) is 2.32. The summed E-state index contributed by atoms with van der Waals surface area (Å²) in [5, 5.41) is 0. The third kappa shape index (κ3) is 2.03. The molecule has 0 N–H and O–H groups in total. The van der Waals surface area contributed by atoms with Crippen molar-refractivity contribution in [2.75, 3.05) is 16.6 Å². The number of para-hydroxylation sites is 1. The monoisotopic (exact) mass is 266 g/mol. The molecule has 0 fully saturated rings. The van der Waals surface area contributed by atoms with Crippen molar-refractivity contribution in [3.8, 4) is 0 Å². The van der Waals surface area contributed by atoms with Gasteiger partial charge in [-0.25, -0.2) is 12.9 Å². The molecule has 0 saturated carbocycles. The number of carbonyl (C=O) groups excluding carboxylic acids is 1. The molecule has 1 aliphatic rings. The normalized spacial score (nSPS) is 23.9. The van der Waals surface area contributed by atoms with E-state index in [1.54, 1.807) is 0 Å². The maximum atomic E-state index is 12.8. The summed E-state index contributed by atoms with van der Waals surface area (Å²) in [6.07, 6.45) is 0.338. The van der Waals surface area contributed by atoms with Crippen molar-refractivity contribution < 1.29 is 9.00 Å². The predicted molar refractivity (Wildman–Crippen MR) is 74.0 cm³/mol. The number of amides is 1. The van der Waals surface area contributed by atoms with Crippen LogP contribution in [0.5, 0.6) is 0 Å². The summed E-state index contributed by atoms with van der Waals surface area (Å²) in [5.41, 5.74) is 2.68. The van der Waals surface area contributed by atoms with Gasteiger partial charge in [0.05, 0.1) is 12.2 Å². The maximum Gasteiger partial charge on any atom is 0.241 e. The van der Waals surface area contributed by atoms with E-state index in [9.17, 15) is 9.00 Å². The van der Waals surface area contributed by atoms with Gasteiger partial charge in [0, 0.05) is 12.2 Å². The van der Waals surface area contributed by atoms with Gasteiger partial charge in [-0.15, -0.1) is 0 Å². The highest BCUT2D eigenvalue weighted by molar-refractivity contribution is 7.95. The van der Waals surface area contributed by atoms with E-state index in [4.69, 9.17) is 0 Å². The first-order valence-corrected chi connectivity index (χ1v) is 7.73. The molecule has 98 valence electrons. The number of aryl methyl sites for hydroxylation is 2. The Bertz CT molecular complexity index is 581. The smallest absolute Gasteiger partial charge is 0.241 e. The van der Waals surface area contributed by atoms with Crippen LogP contribution >= 0.6 is 0 Å². The summed E-state index contributed by atoms with van der Waals surface area (Å²) in [6, 6.07) is 5.80. The zero-order chi connectivity index (χ0) is 13.3. The van der Waals surface area contributed by atoms with Crippen LogP contribution in [0.25, 0.3) is 0 Å². The van der Waals surface area contributed by atoms with Crippen LogP contribution in [0.2, 0.25) is 0 Å². The lowest BCUT2D eigenvalue weighted by Gasteiger charge is -2.31. The molecule has 1 atom stereocenters. The van der Waals surface area contributed by atoms with Gasteiger partial charge in [-0.3, -0.25) is 4.79 Å². The maximum absolute atomic E-state index is 12.8. The molecule has 0 radical (unpaired) electrons. The Morgan fingerprint density at radius 3 is 2.50 bits per heavy atom. The molecule has 1 unspecified atom stereocenters. The zero-order valence-corrected chi connectivity index (χ0v) is 11.8. The van der Waals surface area contributed by atoms with Crippen LogP contribution in [0.3, 0.4) is 0 Å². The summed E-state index contributed by atoms with van der Waals surface area (Å²) in [4.78, 5) is 12.2. The molecule has 1 amide bonds. The molecule has 1 aliphatic heterocycles. The highest BCUT2D eigenvalue weighted by atomic mass is 32.2. The SMILES string of the molecule is CCS1(=O)=NCCC(=O)N1c1c(C)cccc1C. The summed E-state index contributed by atoms with van der Waals surface area (Å²) < 4.78 is 18.4. The lowest BCUT2D eigenvalue weighted by atomic mass is 10.1. The third-order valence-electron chi connectivity index (χ3n) is 3.15. The Kier molecular flexibility index (Phi) is 3.43. The van der Waals surface area contributed by atoms with E-state index in [1.165, 1.54) is 4.31 Å². The van der Waals surface area contributed by atoms with Crippen molar-refractivity contribution >= 4 is 21.5 Å². The molecule has 1 heterocycles. The molecule has 1 aromatic rings. The van der Waals surface area contributed by atoms with Gasteiger partial charge in [-0.05, 0) is 25.0 Å². The molecule has 0 bridgehead atoms. The Balaban J connectivity index is 2.68. The molecule has 0 aliphatic carbocycles. The van der Waals surface area contributed by atoms with Gasteiger partial charge in [0.2, 0.25) is 5.91 Å². The lowest BCUT2D eigenvalue weighted by molar-refractivity contribution is -0.117. The van der Waals surface area contributed by atoms with E-state index in [0.29, 0.717) is 18.7 Å². The minimum Gasteiger partial charge on any atom is -0.273 e. The van der Waals surface area contributed by atoms with Crippen LogP contribution in [0, 0.1) is 13.8 Å². The van der Waals surface area contributed by atoms with E-state index in [-0.39, 0.29) is 5.91 Å². The fourth-order valence-electron chi connectivity index (χ4n) is 2.22. The Hall–Kier alpha value is -1.36. The minimum atomic E-state index is -2.61. The van der Waals surface area contributed by atoms with Crippen molar-refractivity contribution in [2.24, 2.45) is 4.36 Å². The predicted octanol–water partition coefficient (Wildman–Crippen LogP) is 2.44. The highest BCUT2D eigenvalue weighted by Gasteiger charge is 2.31. The number of carbonyl (C=O) groups is 1. The quantitative estimate of drug-likeness (QED) is 0.825. The van der Waals surface area contributed by atoms with Crippen LogP contribution in [0.4, 0.5) is 5.69 Å². The largest absolute Gasteiger partial charge is 0.273 e. The summed E-state index contributed by atoms with van der Waals surface area (Å²) in [6.45, 7) is 6.04. The van der Waals surface area contributed by atoms with Crippen LogP contribution in [-0.4, -0.2) is 22.4 Å². The first kappa shape index (κ1) is 13.1. The minimum absolute atomic E-state index is 0.0887. The van der Waals surface area contributed by atoms with Gasteiger partial charge in [0.15, 0.2) is 0 Å². The van der Waals surface area contributed by atoms with E-state index in [1.807, 2.05) is 39.0 Å². The number of benzene rings is 1. The van der Waals surface area contributed by atoms with Crippen molar-refractivity contribution in [3.63, 3.8) is 0 Å². The van der Waals surface area contributed by atoms with Crippen molar-refractivity contribution in [2.45, 2.75) is 27.2 Å². The van der Waals surface area contributed by atoms with Gasteiger partial charge in [-0.2, -0.15) is 0 Å². The molecule has 0 aromatic heterocycles. The molecule has 1 aromatic carbocycles. The van der Waals surface area contributed by atoms with Gasteiger partial charge in [-0.1, -0.05) is 25.1 Å². The molecule has 18 heavy (non-hydrogen) atoms. The number of hydrogen-bond donors (Lipinski definition) is 0. The van der Waals surface area contributed by atoms with Crippen LogP contribution in [0.15, 0.2) is 22.6 Å². The Morgan fingerprint density at radius 2 is 1.94 bits per heavy atom. The van der Waals surface area contributed by atoms with Gasteiger partial charge in [0.1, 0.15) is 9.92 Å². The second-order valence-corrected chi connectivity index (χ2v) is 6.84. The number of rotatable bonds is 2. The first-order valence-electron chi connectivity index (χ1n) is 6.09. The second kappa shape index (κ2) is 4.72. The zero-order valence-electron chi connectivity index (χ0n) is 11.0. The molecular formula is C13H18N2O2S. The Morgan fingerprint density at radius 1 is 1.33 bits per heavy atom. The van der Waals surface area contributed by atoms with E-state index < -0.39 is 9.92 Å². The third-order valence-corrected chi connectivity index (χ3v) is 5.44. The number of hydrogen-bond acceptors (Lipinski definition) is 3. The van der Waals surface area contributed by atoms with Crippen LogP contribution < -0.4 is 4.31 Å². The van der Waals surface area contributed by atoms with Crippen molar-refractivity contribution in [1.82, 2.24) is 0 Å². The molecule has 0 spiro atoms. The summed E-state index contributed by atoms with van der Waals surface area (Å²) in [5.74, 6) is 0.279. The molecular weight excluding hydrogens is 248 g/mol. The highest BCUT2D eigenvalue weighted by Crippen LogP contribution is 2.30.